The van der Waals surface area contributed by atoms with Gasteiger partial charge in [-0.25, -0.2) is 13.1 Å². The van der Waals surface area contributed by atoms with Gasteiger partial charge in [0.1, 0.15) is 0 Å². The summed E-state index contributed by atoms with van der Waals surface area (Å²) in [6.07, 6.45) is 0. The largest absolute Gasteiger partial charge is 0.351 e. The molecule has 2 aromatic carbocycles. The van der Waals surface area contributed by atoms with Gasteiger partial charge in [0.15, 0.2) is 0 Å². The van der Waals surface area contributed by atoms with E-state index in [9.17, 15) is 13.2 Å². The number of sulfonamides is 1. The number of benzene rings is 2. The third kappa shape index (κ3) is 4.40. The van der Waals surface area contributed by atoms with Crippen LogP contribution in [0.3, 0.4) is 0 Å². The van der Waals surface area contributed by atoms with E-state index in [0.717, 1.165) is 0 Å². The molecular formula is C15H16N2O3S. The van der Waals surface area contributed by atoms with Gasteiger partial charge in [0.2, 0.25) is 10.0 Å². The first-order valence-electron chi connectivity index (χ1n) is 6.47. The lowest BCUT2D eigenvalue weighted by atomic mass is 10.2. The zero-order valence-corrected chi connectivity index (χ0v) is 12.1. The third-order valence-corrected chi connectivity index (χ3v) is 4.27. The molecule has 0 aliphatic rings. The molecule has 0 spiro atoms. The van der Waals surface area contributed by atoms with E-state index in [-0.39, 0.29) is 23.9 Å². The number of hydrogen-bond donors (Lipinski definition) is 2. The quantitative estimate of drug-likeness (QED) is 0.792. The topological polar surface area (TPSA) is 75.3 Å². The molecule has 21 heavy (non-hydrogen) atoms. The Morgan fingerprint density at radius 3 is 2.05 bits per heavy atom. The predicted octanol–water partition coefficient (Wildman–Crippen LogP) is 1.39. The summed E-state index contributed by atoms with van der Waals surface area (Å²) in [5.74, 6) is -0.227. The molecule has 0 aliphatic heterocycles. The first-order valence-corrected chi connectivity index (χ1v) is 7.96. The average Bonchev–Trinajstić information content (AvgIpc) is 2.53. The SMILES string of the molecule is O=C(NCCNS(=O)(=O)c1ccccc1)c1ccccc1. The number of rotatable bonds is 6. The molecule has 2 aromatic rings. The molecule has 0 radical (unpaired) electrons. The van der Waals surface area contributed by atoms with Crippen molar-refractivity contribution in [2.24, 2.45) is 0 Å². The highest BCUT2D eigenvalue weighted by Crippen LogP contribution is 2.06. The van der Waals surface area contributed by atoms with Crippen LogP contribution in [0.4, 0.5) is 0 Å². The van der Waals surface area contributed by atoms with Crippen molar-refractivity contribution in [3.8, 4) is 0 Å². The van der Waals surface area contributed by atoms with Crippen LogP contribution in [0.5, 0.6) is 0 Å². The van der Waals surface area contributed by atoms with Crippen LogP contribution in [0.1, 0.15) is 10.4 Å². The van der Waals surface area contributed by atoms with Gasteiger partial charge in [0.05, 0.1) is 4.90 Å². The van der Waals surface area contributed by atoms with E-state index in [4.69, 9.17) is 0 Å². The van der Waals surface area contributed by atoms with Crippen molar-refractivity contribution < 1.29 is 13.2 Å². The van der Waals surface area contributed by atoms with Gasteiger partial charge in [-0.3, -0.25) is 4.79 Å². The second kappa shape index (κ2) is 7.01. The second-order valence-electron chi connectivity index (χ2n) is 4.33. The van der Waals surface area contributed by atoms with E-state index in [0.29, 0.717) is 5.56 Å². The van der Waals surface area contributed by atoms with Gasteiger partial charge in [-0.2, -0.15) is 0 Å². The second-order valence-corrected chi connectivity index (χ2v) is 6.10. The Labute approximate surface area is 124 Å². The van der Waals surface area contributed by atoms with Crippen molar-refractivity contribution in [1.29, 1.82) is 0 Å². The molecule has 0 aromatic heterocycles. The number of carbonyl (C=O) groups excluding carboxylic acids is 1. The summed E-state index contributed by atoms with van der Waals surface area (Å²) < 4.78 is 26.3. The van der Waals surface area contributed by atoms with Gasteiger partial charge in [0, 0.05) is 18.7 Å². The van der Waals surface area contributed by atoms with E-state index < -0.39 is 10.0 Å². The monoisotopic (exact) mass is 304 g/mol. The fourth-order valence-corrected chi connectivity index (χ4v) is 2.79. The Morgan fingerprint density at radius 2 is 1.43 bits per heavy atom. The zero-order chi connectivity index (χ0) is 15.1. The van der Waals surface area contributed by atoms with Crippen molar-refractivity contribution in [2.75, 3.05) is 13.1 Å². The van der Waals surface area contributed by atoms with Gasteiger partial charge in [-0.15, -0.1) is 0 Å². The van der Waals surface area contributed by atoms with Crippen LogP contribution < -0.4 is 10.0 Å². The number of amides is 1. The van der Waals surface area contributed by atoms with Crippen molar-refractivity contribution in [3.05, 3.63) is 66.2 Å². The number of nitrogens with one attached hydrogen (secondary N) is 2. The summed E-state index contributed by atoms with van der Waals surface area (Å²) in [6, 6.07) is 16.9. The number of carbonyl (C=O) groups is 1. The van der Waals surface area contributed by atoms with Crippen molar-refractivity contribution in [2.45, 2.75) is 4.90 Å². The van der Waals surface area contributed by atoms with Gasteiger partial charge in [0.25, 0.3) is 5.91 Å². The lowest BCUT2D eigenvalue weighted by molar-refractivity contribution is 0.0954. The molecule has 0 fully saturated rings. The highest BCUT2D eigenvalue weighted by molar-refractivity contribution is 7.89. The standard InChI is InChI=1S/C15H16N2O3S/c18-15(13-7-3-1-4-8-13)16-11-12-17-21(19,20)14-9-5-2-6-10-14/h1-10,17H,11-12H2,(H,16,18). The Kier molecular flexibility index (Phi) is 5.08. The Balaban J connectivity index is 1.81. The molecule has 110 valence electrons. The van der Waals surface area contributed by atoms with Crippen LogP contribution >= 0.6 is 0 Å². The van der Waals surface area contributed by atoms with E-state index in [1.807, 2.05) is 6.07 Å². The van der Waals surface area contributed by atoms with Gasteiger partial charge in [-0.05, 0) is 24.3 Å². The van der Waals surface area contributed by atoms with Crippen molar-refractivity contribution in [1.82, 2.24) is 10.0 Å². The fraction of sp³-hybridized carbons (Fsp3) is 0.133. The molecule has 1 amide bonds. The Morgan fingerprint density at radius 1 is 0.857 bits per heavy atom. The average molecular weight is 304 g/mol. The fourth-order valence-electron chi connectivity index (χ4n) is 1.74. The zero-order valence-electron chi connectivity index (χ0n) is 11.3. The highest BCUT2D eigenvalue weighted by atomic mass is 32.2. The van der Waals surface area contributed by atoms with Crippen LogP contribution in [0.25, 0.3) is 0 Å². The van der Waals surface area contributed by atoms with E-state index in [1.54, 1.807) is 42.5 Å². The van der Waals surface area contributed by atoms with E-state index in [2.05, 4.69) is 10.0 Å². The van der Waals surface area contributed by atoms with Gasteiger partial charge >= 0.3 is 0 Å². The molecule has 2 N–H and O–H groups in total. The molecule has 0 aliphatic carbocycles. The maximum Gasteiger partial charge on any atom is 0.251 e. The first-order chi connectivity index (χ1) is 10.1. The Bertz CT molecular complexity index is 685. The lowest BCUT2D eigenvalue weighted by Gasteiger charge is -2.08. The lowest BCUT2D eigenvalue weighted by Crippen LogP contribution is -2.34. The minimum atomic E-state index is -3.52. The minimum absolute atomic E-state index is 0.135. The summed E-state index contributed by atoms with van der Waals surface area (Å²) >= 11 is 0. The Hall–Kier alpha value is -2.18. The van der Waals surface area contributed by atoms with Crippen molar-refractivity contribution in [3.63, 3.8) is 0 Å². The molecule has 6 heteroatoms. The van der Waals surface area contributed by atoms with Crippen LogP contribution in [-0.4, -0.2) is 27.4 Å². The normalized spacial score (nSPS) is 11.0. The van der Waals surface area contributed by atoms with Crippen LogP contribution in [0.2, 0.25) is 0 Å². The minimum Gasteiger partial charge on any atom is -0.351 e. The van der Waals surface area contributed by atoms with Gasteiger partial charge < -0.3 is 5.32 Å². The predicted molar refractivity (Wildman–Crippen MR) is 80.4 cm³/mol. The smallest absolute Gasteiger partial charge is 0.251 e. The molecule has 0 atom stereocenters. The first kappa shape index (κ1) is 15.2. The highest BCUT2D eigenvalue weighted by Gasteiger charge is 2.12. The van der Waals surface area contributed by atoms with Crippen LogP contribution in [-0.2, 0) is 10.0 Å². The molecule has 0 saturated carbocycles. The molecule has 5 nitrogen and oxygen atoms in total. The van der Waals surface area contributed by atoms with Crippen molar-refractivity contribution >= 4 is 15.9 Å². The maximum atomic E-state index is 11.9. The number of hydrogen-bond acceptors (Lipinski definition) is 3. The maximum absolute atomic E-state index is 11.9. The van der Waals surface area contributed by atoms with E-state index in [1.165, 1.54) is 12.1 Å². The summed E-state index contributed by atoms with van der Waals surface area (Å²) in [5, 5.41) is 2.66. The van der Waals surface area contributed by atoms with Crippen LogP contribution in [0.15, 0.2) is 65.6 Å². The summed E-state index contributed by atoms with van der Waals surface area (Å²) in [6.45, 7) is 0.357. The van der Waals surface area contributed by atoms with Gasteiger partial charge in [-0.1, -0.05) is 36.4 Å². The molecule has 2 rings (SSSR count). The van der Waals surface area contributed by atoms with Crippen LogP contribution in [0, 0.1) is 0 Å². The molecule has 0 saturated heterocycles. The summed E-state index contributed by atoms with van der Waals surface area (Å²) in [7, 11) is -3.52. The molecule has 0 bridgehead atoms. The third-order valence-electron chi connectivity index (χ3n) is 2.79. The summed E-state index contributed by atoms with van der Waals surface area (Å²) in [5.41, 5.74) is 0.545. The molecule has 0 heterocycles. The summed E-state index contributed by atoms with van der Waals surface area (Å²) in [4.78, 5) is 12.0. The molecular weight excluding hydrogens is 288 g/mol. The molecule has 0 unspecified atom stereocenters. The van der Waals surface area contributed by atoms with E-state index >= 15 is 0 Å².